The summed E-state index contributed by atoms with van der Waals surface area (Å²) in [6.07, 6.45) is 3.36. The van der Waals surface area contributed by atoms with Gasteiger partial charge in [0.05, 0.1) is 0 Å². The summed E-state index contributed by atoms with van der Waals surface area (Å²) < 4.78 is 0. The van der Waals surface area contributed by atoms with Gasteiger partial charge in [0.1, 0.15) is 15.7 Å². The number of anilines is 1. The molecule has 0 fully saturated rings. The highest BCUT2D eigenvalue weighted by Crippen LogP contribution is 2.50. The van der Waals surface area contributed by atoms with Crippen molar-refractivity contribution >= 4 is 44.3 Å². The highest BCUT2D eigenvalue weighted by Gasteiger charge is 2.24. The Morgan fingerprint density at radius 2 is 1.95 bits per heavy atom. The molecule has 2 N–H and O–H groups in total. The molecule has 0 bridgehead atoms. The Morgan fingerprint density at radius 1 is 1.09 bits per heavy atom. The predicted molar refractivity (Wildman–Crippen MR) is 99.2 cm³/mol. The fourth-order valence-corrected chi connectivity index (χ4v) is 5.61. The Hall–Kier alpha value is -1.56. The maximum atomic E-state index is 6.19. The number of thiazole rings is 1. The number of benzene rings is 1. The van der Waals surface area contributed by atoms with Crippen molar-refractivity contribution in [3.63, 3.8) is 0 Å². The first-order valence-electron chi connectivity index (χ1n) is 7.03. The number of nitrogen functional groups attached to an aromatic ring is 1. The number of rotatable bonds is 3. The number of hydrogen-bond acceptors (Lipinski definition) is 5. The van der Waals surface area contributed by atoms with Crippen LogP contribution in [0.2, 0.25) is 0 Å². The molecular weight excluding hydrogens is 328 g/mol. The van der Waals surface area contributed by atoms with E-state index in [0.29, 0.717) is 5.25 Å². The van der Waals surface area contributed by atoms with Gasteiger partial charge in [-0.05, 0) is 17.9 Å². The van der Waals surface area contributed by atoms with Gasteiger partial charge in [0.2, 0.25) is 0 Å². The van der Waals surface area contributed by atoms with Gasteiger partial charge in [-0.25, -0.2) is 4.98 Å². The first kappa shape index (κ1) is 14.1. The van der Waals surface area contributed by atoms with E-state index in [-0.39, 0.29) is 0 Å². The van der Waals surface area contributed by atoms with Gasteiger partial charge in [0, 0.05) is 20.6 Å². The van der Waals surface area contributed by atoms with Crippen LogP contribution in [0.3, 0.4) is 0 Å². The van der Waals surface area contributed by atoms with Crippen molar-refractivity contribution in [2.24, 2.45) is 0 Å². The van der Waals surface area contributed by atoms with Crippen LogP contribution in [0.25, 0.3) is 16.2 Å². The monoisotopic (exact) mass is 342 g/mol. The van der Waals surface area contributed by atoms with Gasteiger partial charge in [-0.3, -0.25) is 0 Å². The number of aromatic nitrogens is 1. The van der Waals surface area contributed by atoms with Gasteiger partial charge in [-0.1, -0.05) is 53.8 Å². The molecule has 3 heterocycles. The van der Waals surface area contributed by atoms with Crippen LogP contribution in [0.15, 0.2) is 53.9 Å². The lowest BCUT2D eigenvalue weighted by molar-refractivity contribution is 1.02. The molecule has 1 aliphatic heterocycles. The average molecular weight is 343 g/mol. The van der Waals surface area contributed by atoms with Crippen molar-refractivity contribution < 1.29 is 0 Å². The second-order valence-electron chi connectivity index (χ2n) is 5.02. The molecule has 1 atom stereocenters. The van der Waals surface area contributed by atoms with Crippen LogP contribution in [-0.4, -0.2) is 4.98 Å². The molecule has 0 amide bonds. The van der Waals surface area contributed by atoms with E-state index >= 15 is 0 Å². The fraction of sp³-hybridized carbons (Fsp3) is 0.118. The molecular formula is C17H14N2S3. The fourth-order valence-electron chi connectivity index (χ4n) is 2.49. The van der Waals surface area contributed by atoms with Gasteiger partial charge in [0.15, 0.2) is 0 Å². The number of allylic oxidation sites excluding steroid dienone is 1. The summed E-state index contributed by atoms with van der Waals surface area (Å²) in [5.41, 5.74) is 8.18. The van der Waals surface area contributed by atoms with Gasteiger partial charge in [-0.2, -0.15) is 0 Å². The van der Waals surface area contributed by atoms with Crippen LogP contribution in [0.5, 0.6) is 0 Å². The molecule has 0 aliphatic carbocycles. The number of nitrogens with zero attached hydrogens (tertiary/aromatic N) is 1. The number of hydrogen-bond donors (Lipinski definition) is 1. The number of nitrogens with two attached hydrogens (primary N) is 1. The van der Waals surface area contributed by atoms with Crippen LogP contribution in [0, 0.1) is 0 Å². The van der Waals surface area contributed by atoms with E-state index in [4.69, 9.17) is 10.7 Å². The average Bonchev–Trinajstić information content (AvgIpc) is 3.28. The van der Waals surface area contributed by atoms with E-state index in [9.17, 15) is 0 Å². The van der Waals surface area contributed by atoms with Crippen molar-refractivity contribution in [3.05, 3.63) is 63.8 Å². The molecule has 110 valence electrons. The van der Waals surface area contributed by atoms with E-state index in [0.717, 1.165) is 27.7 Å². The summed E-state index contributed by atoms with van der Waals surface area (Å²) >= 11 is 5.32. The van der Waals surface area contributed by atoms with Crippen LogP contribution in [-0.2, 0) is 0 Å². The van der Waals surface area contributed by atoms with Crippen LogP contribution in [0.1, 0.15) is 21.6 Å². The smallest absolute Gasteiger partial charge is 0.132 e. The molecule has 3 aromatic rings. The zero-order chi connectivity index (χ0) is 14.9. The topological polar surface area (TPSA) is 38.9 Å². The summed E-state index contributed by atoms with van der Waals surface area (Å²) in [7, 11) is 0. The van der Waals surface area contributed by atoms with E-state index in [1.165, 1.54) is 9.78 Å². The summed E-state index contributed by atoms with van der Waals surface area (Å²) in [6, 6.07) is 14.5. The number of thioether (sulfide) groups is 1. The molecule has 2 nitrogen and oxygen atoms in total. The lowest BCUT2D eigenvalue weighted by atomic mass is 10.2. The first-order valence-corrected chi connectivity index (χ1v) is 9.61. The molecule has 5 heteroatoms. The van der Waals surface area contributed by atoms with Crippen LogP contribution in [0.4, 0.5) is 5.00 Å². The SMILES string of the molecule is Nc1sc(C2=CCC(c3cccs3)S2)nc1-c1ccccc1. The maximum absolute atomic E-state index is 6.19. The Morgan fingerprint density at radius 3 is 2.73 bits per heavy atom. The third kappa shape index (κ3) is 2.60. The van der Waals surface area contributed by atoms with Gasteiger partial charge in [-0.15, -0.1) is 23.1 Å². The quantitative estimate of drug-likeness (QED) is 0.666. The molecule has 1 unspecified atom stereocenters. The van der Waals surface area contributed by atoms with Crippen molar-refractivity contribution in [1.82, 2.24) is 4.98 Å². The minimum atomic E-state index is 0.528. The Kier molecular flexibility index (Phi) is 3.78. The Balaban J connectivity index is 1.60. The van der Waals surface area contributed by atoms with E-state index < -0.39 is 0 Å². The predicted octanol–water partition coefficient (Wildman–Crippen LogP) is 5.67. The largest absolute Gasteiger partial charge is 0.389 e. The highest BCUT2D eigenvalue weighted by atomic mass is 32.2. The lowest BCUT2D eigenvalue weighted by Crippen LogP contribution is -1.85. The number of thiophene rings is 1. The molecule has 4 rings (SSSR count). The van der Waals surface area contributed by atoms with Gasteiger partial charge < -0.3 is 5.73 Å². The summed E-state index contributed by atoms with van der Waals surface area (Å²) in [6.45, 7) is 0. The standard InChI is InChI=1S/C17H14N2S3/c18-16-15(11-5-2-1-3-6-11)19-17(22-16)14-9-8-13(21-14)12-7-4-10-20-12/h1-7,9-10,13H,8,18H2. The highest BCUT2D eigenvalue weighted by molar-refractivity contribution is 8.09. The maximum Gasteiger partial charge on any atom is 0.132 e. The van der Waals surface area contributed by atoms with Gasteiger partial charge >= 0.3 is 0 Å². The van der Waals surface area contributed by atoms with Crippen LogP contribution >= 0.6 is 34.4 Å². The molecule has 0 saturated heterocycles. The van der Waals surface area contributed by atoms with Crippen molar-refractivity contribution in [2.45, 2.75) is 11.7 Å². The zero-order valence-electron chi connectivity index (χ0n) is 11.7. The first-order chi connectivity index (χ1) is 10.8. The van der Waals surface area contributed by atoms with Crippen LogP contribution < -0.4 is 5.73 Å². The summed E-state index contributed by atoms with van der Waals surface area (Å²) in [4.78, 5) is 7.48. The minimum Gasteiger partial charge on any atom is -0.389 e. The van der Waals surface area contributed by atoms with E-state index in [1.54, 1.807) is 11.3 Å². The zero-order valence-corrected chi connectivity index (χ0v) is 14.2. The molecule has 2 aromatic heterocycles. The molecule has 22 heavy (non-hydrogen) atoms. The van der Waals surface area contributed by atoms with E-state index in [2.05, 4.69) is 35.7 Å². The second kappa shape index (κ2) is 5.91. The third-order valence-corrected chi connectivity index (χ3v) is 7.09. The molecule has 0 radical (unpaired) electrons. The molecule has 0 saturated carbocycles. The van der Waals surface area contributed by atoms with Crippen molar-refractivity contribution in [1.29, 1.82) is 0 Å². The van der Waals surface area contributed by atoms with Gasteiger partial charge in [0.25, 0.3) is 0 Å². The Bertz CT molecular complexity index is 804. The molecule has 1 aromatic carbocycles. The Labute approximate surface area is 141 Å². The lowest BCUT2D eigenvalue weighted by Gasteiger charge is -2.05. The molecule has 1 aliphatic rings. The minimum absolute atomic E-state index is 0.528. The van der Waals surface area contributed by atoms with Crippen molar-refractivity contribution in [3.8, 4) is 11.3 Å². The van der Waals surface area contributed by atoms with E-state index in [1.807, 2.05) is 41.3 Å². The third-order valence-electron chi connectivity index (χ3n) is 3.56. The normalized spacial score (nSPS) is 17.6. The van der Waals surface area contributed by atoms with Crippen molar-refractivity contribution in [2.75, 3.05) is 5.73 Å². The second-order valence-corrected chi connectivity index (χ2v) is 8.28. The summed E-state index contributed by atoms with van der Waals surface area (Å²) in [5, 5.41) is 4.51. The molecule has 0 spiro atoms. The summed E-state index contributed by atoms with van der Waals surface area (Å²) in [5.74, 6) is 0.